The third-order valence-electron chi connectivity index (χ3n) is 5.29. The molecule has 3 aliphatic heterocycles. The van der Waals surface area contributed by atoms with Gasteiger partial charge in [-0.1, -0.05) is 24.3 Å². The van der Waals surface area contributed by atoms with Gasteiger partial charge in [0.05, 0.1) is 18.6 Å². The number of carboxylic acid groups (broad SMARTS) is 1. The van der Waals surface area contributed by atoms with E-state index in [1.165, 1.54) is 0 Å². The molecule has 1 aromatic rings. The Bertz CT molecular complexity index is 727. The molecule has 6 nitrogen and oxygen atoms in total. The molecule has 2 bridgehead atoms. The lowest BCUT2D eigenvalue weighted by Crippen LogP contribution is -2.39. The summed E-state index contributed by atoms with van der Waals surface area (Å²) in [7, 11) is 3.96. The molecule has 4 atom stereocenters. The minimum absolute atomic E-state index is 0.120. The number of amides is 1. The van der Waals surface area contributed by atoms with Gasteiger partial charge in [-0.15, -0.1) is 0 Å². The van der Waals surface area contributed by atoms with Crippen LogP contribution in [-0.2, 0) is 20.9 Å². The van der Waals surface area contributed by atoms with Gasteiger partial charge in [-0.2, -0.15) is 0 Å². The van der Waals surface area contributed by atoms with Gasteiger partial charge < -0.3 is 19.6 Å². The van der Waals surface area contributed by atoms with Gasteiger partial charge in [0.1, 0.15) is 11.5 Å². The molecule has 24 heavy (non-hydrogen) atoms. The normalized spacial score (nSPS) is 33.2. The molecule has 6 heteroatoms. The predicted octanol–water partition coefficient (Wildman–Crippen LogP) is 1.12. The number of hydrogen-bond donors (Lipinski definition) is 1. The molecule has 4 unspecified atom stereocenters. The summed E-state index contributed by atoms with van der Waals surface area (Å²) in [5.41, 5.74) is 1.36. The van der Waals surface area contributed by atoms with Crippen LogP contribution in [0.1, 0.15) is 5.56 Å². The number of hydrogen-bond acceptors (Lipinski definition) is 4. The topological polar surface area (TPSA) is 70.1 Å². The molecule has 0 radical (unpaired) electrons. The minimum Gasteiger partial charge on any atom is -0.481 e. The molecule has 1 spiro atoms. The minimum atomic E-state index is -0.957. The van der Waals surface area contributed by atoms with E-state index in [-0.39, 0.29) is 5.91 Å². The van der Waals surface area contributed by atoms with Crippen molar-refractivity contribution in [3.63, 3.8) is 0 Å². The summed E-state index contributed by atoms with van der Waals surface area (Å²) in [6.07, 6.45) is 3.20. The zero-order chi connectivity index (χ0) is 17.1. The summed E-state index contributed by atoms with van der Waals surface area (Å²) < 4.78 is 5.89. The summed E-state index contributed by atoms with van der Waals surface area (Å²) in [6.45, 7) is 0.891. The summed E-state index contributed by atoms with van der Waals surface area (Å²) >= 11 is 0. The maximum Gasteiger partial charge on any atom is 0.310 e. The van der Waals surface area contributed by atoms with Crippen LogP contribution in [0.25, 0.3) is 0 Å². The lowest BCUT2D eigenvalue weighted by Gasteiger charge is -2.21. The first-order valence-electron chi connectivity index (χ1n) is 8.06. The van der Waals surface area contributed by atoms with E-state index in [1.54, 1.807) is 11.0 Å². The van der Waals surface area contributed by atoms with Crippen LogP contribution < -0.4 is 4.90 Å². The first kappa shape index (κ1) is 15.2. The van der Waals surface area contributed by atoms with Crippen molar-refractivity contribution in [2.75, 3.05) is 25.5 Å². The zero-order valence-electron chi connectivity index (χ0n) is 13.7. The van der Waals surface area contributed by atoms with E-state index in [2.05, 4.69) is 0 Å². The van der Waals surface area contributed by atoms with Crippen LogP contribution in [0.4, 0.5) is 5.69 Å². The molecule has 2 saturated heterocycles. The quantitative estimate of drug-likeness (QED) is 0.839. The Balaban J connectivity index is 1.55. The second-order valence-electron chi connectivity index (χ2n) is 6.99. The molecule has 0 aromatic heterocycles. The van der Waals surface area contributed by atoms with E-state index >= 15 is 0 Å². The average Bonchev–Trinajstić information content (AvgIpc) is 3.16. The van der Waals surface area contributed by atoms with E-state index in [9.17, 15) is 14.7 Å². The van der Waals surface area contributed by atoms with Gasteiger partial charge in [-0.05, 0) is 17.7 Å². The van der Waals surface area contributed by atoms with Crippen molar-refractivity contribution in [2.24, 2.45) is 11.8 Å². The van der Waals surface area contributed by atoms with Gasteiger partial charge in [0.15, 0.2) is 0 Å². The molecule has 3 aliphatic rings. The van der Waals surface area contributed by atoms with Crippen LogP contribution in [-0.4, -0.2) is 54.2 Å². The monoisotopic (exact) mass is 328 g/mol. The van der Waals surface area contributed by atoms with Gasteiger partial charge in [0.25, 0.3) is 0 Å². The number of carbonyl (C=O) groups is 2. The van der Waals surface area contributed by atoms with Crippen LogP contribution in [0.5, 0.6) is 0 Å². The zero-order valence-corrected chi connectivity index (χ0v) is 13.7. The van der Waals surface area contributed by atoms with Crippen molar-refractivity contribution >= 4 is 17.6 Å². The van der Waals surface area contributed by atoms with E-state index in [1.807, 2.05) is 49.3 Å². The Labute approximate surface area is 140 Å². The molecular weight excluding hydrogens is 308 g/mol. The number of carbonyl (C=O) groups excluding carboxylic acids is 1. The lowest BCUT2D eigenvalue weighted by molar-refractivity contribution is -0.148. The largest absolute Gasteiger partial charge is 0.481 e. The fourth-order valence-electron chi connectivity index (χ4n) is 4.11. The highest BCUT2D eigenvalue weighted by Gasteiger charge is 2.66. The van der Waals surface area contributed by atoms with Crippen molar-refractivity contribution in [2.45, 2.75) is 18.2 Å². The highest BCUT2D eigenvalue weighted by atomic mass is 16.5. The number of nitrogens with zero attached hydrogens (tertiary/aromatic N) is 2. The number of fused-ring (bicyclic) bond motifs is 1. The van der Waals surface area contributed by atoms with Gasteiger partial charge >= 0.3 is 5.97 Å². The first-order valence-corrected chi connectivity index (χ1v) is 8.06. The Morgan fingerprint density at radius 1 is 1.38 bits per heavy atom. The van der Waals surface area contributed by atoms with Gasteiger partial charge in [0, 0.05) is 26.3 Å². The standard InChI is InChI=1S/C18H20N2O4/c1-19(2)12-5-3-11(4-6-12)9-20-10-18-8-7-13(24-18)14(17(22)23)15(18)16(20)21/h3-8,13-15H,9-10H2,1-2H3,(H,22,23). The van der Waals surface area contributed by atoms with E-state index in [0.717, 1.165) is 11.3 Å². The summed E-state index contributed by atoms with van der Waals surface area (Å²) in [4.78, 5) is 28.1. The number of carboxylic acids is 1. The van der Waals surface area contributed by atoms with E-state index in [4.69, 9.17) is 4.74 Å². The van der Waals surface area contributed by atoms with Crippen LogP contribution in [0, 0.1) is 11.8 Å². The number of ether oxygens (including phenoxy) is 1. The molecule has 2 fully saturated rings. The summed E-state index contributed by atoms with van der Waals surface area (Å²) in [5.74, 6) is -2.46. The number of anilines is 1. The fourth-order valence-corrected chi connectivity index (χ4v) is 4.11. The first-order chi connectivity index (χ1) is 11.4. The molecular formula is C18H20N2O4. The predicted molar refractivity (Wildman–Crippen MR) is 87.5 cm³/mol. The van der Waals surface area contributed by atoms with Gasteiger partial charge in [-0.3, -0.25) is 9.59 Å². The highest BCUT2D eigenvalue weighted by Crippen LogP contribution is 2.52. The fraction of sp³-hybridized carbons (Fsp3) is 0.444. The van der Waals surface area contributed by atoms with Crippen LogP contribution in [0.2, 0.25) is 0 Å². The number of aliphatic carboxylic acids is 1. The maximum atomic E-state index is 12.8. The smallest absolute Gasteiger partial charge is 0.310 e. The summed E-state index contributed by atoms with van der Waals surface area (Å²) in [6, 6.07) is 8.02. The van der Waals surface area contributed by atoms with E-state index < -0.39 is 29.5 Å². The molecule has 4 rings (SSSR count). The highest BCUT2D eigenvalue weighted by molar-refractivity contribution is 5.90. The molecule has 1 amide bonds. The molecule has 126 valence electrons. The maximum absolute atomic E-state index is 12.8. The van der Waals surface area contributed by atoms with Crippen molar-refractivity contribution in [1.29, 1.82) is 0 Å². The molecule has 0 aliphatic carbocycles. The van der Waals surface area contributed by atoms with Gasteiger partial charge in [0.2, 0.25) is 5.91 Å². The third-order valence-corrected chi connectivity index (χ3v) is 5.29. The van der Waals surface area contributed by atoms with Crippen molar-refractivity contribution in [3.8, 4) is 0 Å². The third kappa shape index (κ3) is 2.06. The van der Waals surface area contributed by atoms with Crippen LogP contribution >= 0.6 is 0 Å². The Kier molecular flexibility index (Phi) is 3.22. The van der Waals surface area contributed by atoms with Gasteiger partial charge in [-0.25, -0.2) is 0 Å². The number of benzene rings is 1. The van der Waals surface area contributed by atoms with Crippen molar-refractivity contribution in [3.05, 3.63) is 42.0 Å². The SMILES string of the molecule is CN(C)c1ccc(CN2CC34C=CC(O3)C(C(=O)O)C4C2=O)cc1. The summed E-state index contributed by atoms with van der Waals surface area (Å²) in [5, 5.41) is 9.47. The molecule has 1 aromatic carbocycles. The van der Waals surface area contributed by atoms with Crippen LogP contribution in [0.3, 0.4) is 0 Å². The molecule has 0 saturated carbocycles. The lowest BCUT2D eigenvalue weighted by atomic mass is 9.77. The second-order valence-corrected chi connectivity index (χ2v) is 6.99. The van der Waals surface area contributed by atoms with E-state index in [0.29, 0.717) is 13.1 Å². The van der Waals surface area contributed by atoms with Crippen LogP contribution in [0.15, 0.2) is 36.4 Å². The Morgan fingerprint density at radius 2 is 2.08 bits per heavy atom. The number of rotatable bonds is 4. The second kappa shape index (κ2) is 5.08. The van der Waals surface area contributed by atoms with Crippen molar-refractivity contribution in [1.82, 2.24) is 4.90 Å². The Morgan fingerprint density at radius 3 is 2.71 bits per heavy atom. The average molecular weight is 328 g/mol. The molecule has 1 N–H and O–H groups in total. The van der Waals surface area contributed by atoms with Crippen molar-refractivity contribution < 1.29 is 19.4 Å². The molecule has 3 heterocycles. The Hall–Kier alpha value is -2.34. The number of likely N-dealkylation sites (tertiary alicyclic amines) is 1.